The van der Waals surface area contributed by atoms with Crippen LogP contribution in [0.2, 0.25) is 0 Å². The zero-order chi connectivity index (χ0) is 23.4. The minimum Gasteiger partial charge on any atom is -0.501 e. The van der Waals surface area contributed by atoms with Gasteiger partial charge in [-0.15, -0.1) is 0 Å². The van der Waals surface area contributed by atoms with Crippen molar-refractivity contribution < 1.29 is 14.9 Å². The van der Waals surface area contributed by atoms with Crippen LogP contribution < -0.4 is 0 Å². The number of aliphatic hydroxyl groups is 2. The number of benzene rings is 1. The van der Waals surface area contributed by atoms with Crippen molar-refractivity contribution in [3.63, 3.8) is 0 Å². The predicted molar refractivity (Wildman–Crippen MR) is 134 cm³/mol. The Hall–Kier alpha value is -1.62. The van der Waals surface area contributed by atoms with Crippen LogP contribution in [-0.4, -0.2) is 47.6 Å². The average molecular weight is 454 g/mol. The Morgan fingerprint density at radius 3 is 2.61 bits per heavy atom. The van der Waals surface area contributed by atoms with E-state index in [4.69, 9.17) is 4.74 Å². The summed E-state index contributed by atoms with van der Waals surface area (Å²) >= 11 is 0. The number of aliphatic hydroxyl groups excluding tert-OH is 1. The summed E-state index contributed by atoms with van der Waals surface area (Å²) in [5, 5.41) is 18.3. The van der Waals surface area contributed by atoms with Crippen LogP contribution in [0, 0.1) is 23.7 Å². The highest BCUT2D eigenvalue weighted by Gasteiger charge is 2.43. The van der Waals surface area contributed by atoms with Crippen LogP contribution in [0.25, 0.3) is 5.57 Å². The van der Waals surface area contributed by atoms with E-state index in [2.05, 4.69) is 48.7 Å². The van der Waals surface area contributed by atoms with E-state index in [1.165, 1.54) is 62.9 Å². The fourth-order valence-corrected chi connectivity index (χ4v) is 6.76. The van der Waals surface area contributed by atoms with E-state index < -0.39 is 6.29 Å². The highest BCUT2D eigenvalue weighted by atomic mass is 16.5. The number of aryl methyl sites for hydroxylation is 1. The smallest absolute Gasteiger partial charge is 0.155 e. The van der Waals surface area contributed by atoms with Crippen LogP contribution in [0.4, 0.5) is 0 Å². The number of fused-ring (bicyclic) bond motifs is 1. The molecule has 2 aliphatic carbocycles. The Labute approximate surface area is 200 Å². The molecule has 4 rings (SSSR count). The van der Waals surface area contributed by atoms with Crippen molar-refractivity contribution >= 4 is 5.57 Å². The normalized spacial score (nSPS) is 30.2. The summed E-state index contributed by atoms with van der Waals surface area (Å²) < 4.78 is 5.45. The highest BCUT2D eigenvalue weighted by molar-refractivity contribution is 5.63. The Morgan fingerprint density at radius 2 is 1.94 bits per heavy atom. The lowest BCUT2D eigenvalue weighted by molar-refractivity contribution is -0.0342. The Bertz CT molecular complexity index is 815. The van der Waals surface area contributed by atoms with Crippen molar-refractivity contribution in [2.45, 2.75) is 77.0 Å². The first-order valence-electron chi connectivity index (χ1n) is 13.0. The largest absolute Gasteiger partial charge is 0.501 e. The SMILES string of the molecule is C=C(CC(O)O)c1ccc(CCC2CCC3CCN(CC4CC=C(OC)CC4)C3C2C)cc1. The number of nitrogens with zero attached hydrogens (tertiary/aromatic N) is 1. The lowest BCUT2D eigenvalue weighted by atomic mass is 9.69. The molecule has 1 saturated carbocycles. The second kappa shape index (κ2) is 11.2. The lowest BCUT2D eigenvalue weighted by Gasteiger charge is -2.43. The molecule has 1 aromatic carbocycles. The van der Waals surface area contributed by atoms with Crippen LogP contribution >= 0.6 is 0 Å². The van der Waals surface area contributed by atoms with Gasteiger partial charge in [0.25, 0.3) is 0 Å². The van der Waals surface area contributed by atoms with Gasteiger partial charge in [-0.2, -0.15) is 0 Å². The molecule has 1 heterocycles. The second-order valence-electron chi connectivity index (χ2n) is 10.8. The summed E-state index contributed by atoms with van der Waals surface area (Å²) in [6.07, 6.45) is 11.3. The molecular weight excluding hydrogens is 410 g/mol. The van der Waals surface area contributed by atoms with E-state index in [-0.39, 0.29) is 6.42 Å². The number of hydrogen-bond acceptors (Lipinski definition) is 4. The number of likely N-dealkylation sites (tertiary alicyclic amines) is 1. The molecule has 4 heteroatoms. The number of allylic oxidation sites excluding steroid dienone is 2. The molecule has 0 radical (unpaired) electrons. The van der Waals surface area contributed by atoms with Crippen molar-refractivity contribution in [2.75, 3.05) is 20.2 Å². The molecule has 1 aromatic rings. The molecular formula is C29H43NO3. The van der Waals surface area contributed by atoms with Gasteiger partial charge in [0.05, 0.1) is 12.9 Å². The van der Waals surface area contributed by atoms with Crippen LogP contribution in [0.15, 0.2) is 42.7 Å². The summed E-state index contributed by atoms with van der Waals surface area (Å²) in [4.78, 5) is 2.85. The van der Waals surface area contributed by atoms with Gasteiger partial charge in [0.1, 0.15) is 0 Å². The first-order chi connectivity index (χ1) is 15.9. The van der Waals surface area contributed by atoms with Gasteiger partial charge in [-0.25, -0.2) is 0 Å². The molecule has 182 valence electrons. The third-order valence-electron chi connectivity index (χ3n) is 8.71. The summed E-state index contributed by atoms with van der Waals surface area (Å²) in [7, 11) is 1.80. The first-order valence-corrected chi connectivity index (χ1v) is 13.0. The number of ether oxygens (including phenoxy) is 1. The first kappa shape index (κ1) is 24.5. The standard InChI is InChI=1S/C29H43NO3/c1-20(18-28(31)32)24-9-4-22(5-10-24)6-11-25-12-13-26-16-17-30(29(26)21(25)2)19-23-7-14-27(33-3)15-8-23/h4-5,9-10,14,21,23,25-26,28-29,31-32H,1,6-8,11-13,15-19H2,2-3H3. The van der Waals surface area contributed by atoms with E-state index in [9.17, 15) is 10.2 Å². The van der Waals surface area contributed by atoms with Crippen LogP contribution in [0.5, 0.6) is 0 Å². The van der Waals surface area contributed by atoms with Crippen molar-refractivity contribution in [2.24, 2.45) is 23.7 Å². The molecule has 3 aliphatic rings. The lowest BCUT2D eigenvalue weighted by Crippen LogP contribution is -2.45. The predicted octanol–water partition coefficient (Wildman–Crippen LogP) is 5.40. The number of rotatable bonds is 9. The molecule has 0 spiro atoms. The zero-order valence-electron chi connectivity index (χ0n) is 20.6. The number of methoxy groups -OCH3 is 1. The summed E-state index contributed by atoms with van der Waals surface area (Å²) in [5.41, 5.74) is 3.14. The summed E-state index contributed by atoms with van der Waals surface area (Å²) in [6, 6.07) is 9.30. The molecule has 2 N–H and O–H groups in total. The van der Waals surface area contributed by atoms with Crippen molar-refractivity contribution in [3.05, 3.63) is 53.8 Å². The van der Waals surface area contributed by atoms with Gasteiger partial charge in [0, 0.05) is 25.4 Å². The topological polar surface area (TPSA) is 52.9 Å². The van der Waals surface area contributed by atoms with Gasteiger partial charge < -0.3 is 14.9 Å². The minimum absolute atomic E-state index is 0.197. The van der Waals surface area contributed by atoms with Crippen molar-refractivity contribution in [3.8, 4) is 0 Å². The van der Waals surface area contributed by atoms with Gasteiger partial charge in [0.2, 0.25) is 0 Å². The van der Waals surface area contributed by atoms with Gasteiger partial charge in [-0.05, 0) is 97.9 Å². The van der Waals surface area contributed by atoms with Gasteiger partial charge >= 0.3 is 0 Å². The second-order valence-corrected chi connectivity index (χ2v) is 10.8. The van der Waals surface area contributed by atoms with Crippen molar-refractivity contribution in [1.82, 2.24) is 4.90 Å². The molecule has 4 nitrogen and oxygen atoms in total. The highest BCUT2D eigenvalue weighted by Crippen LogP contribution is 2.44. The quantitative estimate of drug-likeness (QED) is 0.492. The number of hydrogen-bond donors (Lipinski definition) is 2. The van der Waals surface area contributed by atoms with E-state index in [0.29, 0.717) is 0 Å². The fraction of sp³-hybridized carbons (Fsp3) is 0.655. The minimum atomic E-state index is -1.33. The Kier molecular flexibility index (Phi) is 8.32. The molecule has 33 heavy (non-hydrogen) atoms. The zero-order valence-corrected chi connectivity index (χ0v) is 20.6. The van der Waals surface area contributed by atoms with E-state index in [0.717, 1.165) is 53.7 Å². The molecule has 5 atom stereocenters. The van der Waals surface area contributed by atoms with Crippen molar-refractivity contribution in [1.29, 1.82) is 0 Å². The molecule has 5 unspecified atom stereocenters. The maximum absolute atomic E-state index is 9.17. The van der Waals surface area contributed by atoms with E-state index >= 15 is 0 Å². The fourth-order valence-electron chi connectivity index (χ4n) is 6.76. The summed E-state index contributed by atoms with van der Waals surface area (Å²) in [6.45, 7) is 9.06. The Morgan fingerprint density at radius 1 is 1.15 bits per heavy atom. The average Bonchev–Trinajstić information content (AvgIpc) is 3.22. The van der Waals surface area contributed by atoms with Crippen LogP contribution in [-0.2, 0) is 11.2 Å². The maximum atomic E-state index is 9.17. The van der Waals surface area contributed by atoms with Gasteiger partial charge in [0.15, 0.2) is 6.29 Å². The van der Waals surface area contributed by atoms with E-state index in [1.807, 2.05) is 0 Å². The maximum Gasteiger partial charge on any atom is 0.155 e. The van der Waals surface area contributed by atoms with Crippen LogP contribution in [0.1, 0.15) is 69.4 Å². The van der Waals surface area contributed by atoms with Gasteiger partial charge in [-0.1, -0.05) is 37.8 Å². The Balaban J connectivity index is 1.30. The van der Waals surface area contributed by atoms with Crippen LogP contribution in [0.3, 0.4) is 0 Å². The monoisotopic (exact) mass is 453 g/mol. The third kappa shape index (κ3) is 6.09. The molecule has 2 fully saturated rings. The molecule has 0 bridgehead atoms. The van der Waals surface area contributed by atoms with E-state index in [1.54, 1.807) is 7.11 Å². The molecule has 1 saturated heterocycles. The molecule has 1 aliphatic heterocycles. The third-order valence-corrected chi connectivity index (χ3v) is 8.71. The molecule has 0 aromatic heterocycles. The molecule has 0 amide bonds. The van der Waals surface area contributed by atoms with Gasteiger partial charge in [-0.3, -0.25) is 4.90 Å². The summed E-state index contributed by atoms with van der Waals surface area (Å²) in [5.74, 6) is 4.44.